The molecule has 29 heavy (non-hydrogen) atoms. The first-order valence-corrected chi connectivity index (χ1v) is 9.91. The van der Waals surface area contributed by atoms with Gasteiger partial charge in [-0.1, -0.05) is 24.3 Å². The van der Waals surface area contributed by atoms with Crippen molar-refractivity contribution in [3.63, 3.8) is 0 Å². The zero-order chi connectivity index (χ0) is 20.1. The average Bonchev–Trinajstić information content (AvgIpc) is 2.76. The highest BCUT2D eigenvalue weighted by Crippen LogP contribution is 2.23. The van der Waals surface area contributed by atoms with E-state index in [4.69, 9.17) is 0 Å². The van der Waals surface area contributed by atoms with E-state index in [0.717, 1.165) is 35.7 Å². The number of nitrogens with zero attached hydrogens (tertiary/aromatic N) is 3. The lowest BCUT2D eigenvalue weighted by Gasteiger charge is -2.27. The molecule has 148 valence electrons. The summed E-state index contributed by atoms with van der Waals surface area (Å²) in [4.78, 5) is 14.6. The Labute approximate surface area is 169 Å². The van der Waals surface area contributed by atoms with Crippen molar-refractivity contribution in [3.8, 4) is 11.3 Å². The molecule has 3 aromatic rings. The van der Waals surface area contributed by atoms with Crippen molar-refractivity contribution >= 4 is 17.4 Å². The van der Waals surface area contributed by atoms with E-state index >= 15 is 0 Å². The van der Waals surface area contributed by atoms with E-state index in [1.165, 1.54) is 31.4 Å². The monoisotopic (exact) mass is 390 g/mol. The Hall–Kier alpha value is -3.28. The van der Waals surface area contributed by atoms with E-state index in [2.05, 4.69) is 20.4 Å². The van der Waals surface area contributed by atoms with Crippen LogP contribution in [0.2, 0.25) is 0 Å². The number of halogens is 1. The highest BCUT2D eigenvalue weighted by atomic mass is 19.1. The quantitative estimate of drug-likeness (QED) is 0.699. The zero-order valence-electron chi connectivity index (χ0n) is 16.1. The fraction of sp³-hybridized carbons (Fsp3) is 0.261. The number of aromatic nitrogens is 2. The first-order valence-electron chi connectivity index (χ1n) is 9.91. The average molecular weight is 390 g/mol. The smallest absolute Gasteiger partial charge is 0.228 e. The van der Waals surface area contributed by atoms with Crippen molar-refractivity contribution in [2.24, 2.45) is 0 Å². The Bertz CT molecular complexity index is 967. The van der Waals surface area contributed by atoms with Gasteiger partial charge in [-0.15, -0.1) is 10.2 Å². The van der Waals surface area contributed by atoms with Crippen LogP contribution in [0.1, 0.15) is 24.8 Å². The van der Waals surface area contributed by atoms with Crippen molar-refractivity contribution in [1.29, 1.82) is 0 Å². The molecule has 2 aromatic carbocycles. The number of amides is 1. The third-order valence-electron chi connectivity index (χ3n) is 5.05. The van der Waals surface area contributed by atoms with Crippen LogP contribution in [-0.2, 0) is 11.2 Å². The fourth-order valence-corrected chi connectivity index (χ4v) is 3.52. The number of carbonyl (C=O) groups is 1. The lowest BCUT2D eigenvalue weighted by Crippen LogP contribution is -2.30. The van der Waals surface area contributed by atoms with Crippen molar-refractivity contribution in [2.45, 2.75) is 25.7 Å². The molecule has 0 unspecified atom stereocenters. The highest BCUT2D eigenvalue weighted by molar-refractivity contribution is 5.92. The molecule has 1 aliphatic heterocycles. The van der Waals surface area contributed by atoms with Crippen LogP contribution in [0.5, 0.6) is 0 Å². The summed E-state index contributed by atoms with van der Waals surface area (Å²) in [7, 11) is 0. The maximum atomic E-state index is 13.0. The van der Waals surface area contributed by atoms with Gasteiger partial charge in [0.1, 0.15) is 5.82 Å². The van der Waals surface area contributed by atoms with Gasteiger partial charge in [-0.05, 0) is 61.2 Å². The van der Waals surface area contributed by atoms with Crippen LogP contribution < -0.4 is 10.2 Å². The Balaban J connectivity index is 1.42. The Morgan fingerprint density at radius 1 is 0.966 bits per heavy atom. The maximum Gasteiger partial charge on any atom is 0.228 e. The minimum Gasteiger partial charge on any atom is -0.355 e. The molecule has 0 saturated carbocycles. The predicted octanol–water partition coefficient (Wildman–Crippen LogP) is 4.45. The van der Waals surface area contributed by atoms with E-state index in [-0.39, 0.29) is 18.1 Å². The van der Waals surface area contributed by atoms with Gasteiger partial charge in [-0.3, -0.25) is 4.79 Å². The van der Waals surface area contributed by atoms with Gasteiger partial charge in [0.2, 0.25) is 5.91 Å². The Morgan fingerprint density at radius 2 is 1.76 bits per heavy atom. The Morgan fingerprint density at radius 3 is 2.48 bits per heavy atom. The molecule has 0 bridgehead atoms. The molecule has 0 atom stereocenters. The van der Waals surface area contributed by atoms with Crippen LogP contribution in [0, 0.1) is 5.82 Å². The molecular weight excluding hydrogens is 367 g/mol. The SMILES string of the molecule is O=C(Cc1ccc(F)cc1)Nc1cccc(-c2ccc(N3CCCCC3)nn2)c1. The largest absolute Gasteiger partial charge is 0.355 e. The molecule has 0 spiro atoms. The normalized spacial score (nSPS) is 13.9. The molecule has 1 aliphatic rings. The minimum atomic E-state index is -0.311. The zero-order valence-corrected chi connectivity index (χ0v) is 16.1. The van der Waals surface area contributed by atoms with Gasteiger partial charge in [-0.25, -0.2) is 4.39 Å². The van der Waals surface area contributed by atoms with Gasteiger partial charge in [0.05, 0.1) is 12.1 Å². The Kier molecular flexibility index (Phi) is 5.79. The number of rotatable bonds is 5. The van der Waals surface area contributed by atoms with E-state index in [0.29, 0.717) is 5.69 Å². The van der Waals surface area contributed by atoms with E-state index in [1.54, 1.807) is 12.1 Å². The topological polar surface area (TPSA) is 58.1 Å². The standard InChI is InChI=1S/C23H23FN4O/c24-19-9-7-17(8-10-19)15-23(29)25-20-6-4-5-18(16-20)21-11-12-22(27-26-21)28-13-2-1-3-14-28/h4-12,16H,1-3,13-15H2,(H,25,29). The van der Waals surface area contributed by atoms with Crippen molar-refractivity contribution in [1.82, 2.24) is 10.2 Å². The van der Waals surface area contributed by atoms with Gasteiger partial charge in [0, 0.05) is 24.3 Å². The van der Waals surface area contributed by atoms with Gasteiger partial charge >= 0.3 is 0 Å². The summed E-state index contributed by atoms with van der Waals surface area (Å²) < 4.78 is 13.0. The summed E-state index contributed by atoms with van der Waals surface area (Å²) in [6.07, 6.45) is 3.86. The van der Waals surface area contributed by atoms with Crippen LogP contribution in [0.3, 0.4) is 0 Å². The van der Waals surface area contributed by atoms with Crippen LogP contribution in [-0.4, -0.2) is 29.2 Å². The summed E-state index contributed by atoms with van der Waals surface area (Å²) in [5.74, 6) is 0.451. The van der Waals surface area contributed by atoms with Crippen molar-refractivity contribution < 1.29 is 9.18 Å². The molecule has 4 rings (SSSR count). The summed E-state index contributed by atoms with van der Waals surface area (Å²) in [6, 6.07) is 17.5. The minimum absolute atomic E-state index is 0.153. The molecule has 1 fully saturated rings. The van der Waals surface area contributed by atoms with Gasteiger partial charge in [0.15, 0.2) is 5.82 Å². The third-order valence-corrected chi connectivity index (χ3v) is 5.05. The highest BCUT2D eigenvalue weighted by Gasteiger charge is 2.13. The molecule has 2 heterocycles. The number of benzene rings is 2. The first-order chi connectivity index (χ1) is 14.2. The van der Waals surface area contributed by atoms with Gasteiger partial charge < -0.3 is 10.2 Å². The number of anilines is 2. The summed E-state index contributed by atoms with van der Waals surface area (Å²) in [5, 5.41) is 11.7. The molecule has 1 aromatic heterocycles. The van der Waals surface area contributed by atoms with E-state index < -0.39 is 0 Å². The number of piperidine rings is 1. The third kappa shape index (κ3) is 4.96. The van der Waals surface area contributed by atoms with Gasteiger partial charge in [-0.2, -0.15) is 0 Å². The second-order valence-electron chi connectivity index (χ2n) is 7.26. The molecule has 0 aliphatic carbocycles. The molecule has 5 nitrogen and oxygen atoms in total. The molecule has 6 heteroatoms. The van der Waals surface area contributed by atoms with Crippen LogP contribution in [0.15, 0.2) is 60.7 Å². The van der Waals surface area contributed by atoms with Crippen LogP contribution >= 0.6 is 0 Å². The lowest BCUT2D eigenvalue weighted by atomic mass is 10.1. The molecule has 1 amide bonds. The van der Waals surface area contributed by atoms with E-state index in [1.807, 2.05) is 36.4 Å². The molecule has 1 saturated heterocycles. The molecule has 1 N–H and O–H groups in total. The van der Waals surface area contributed by atoms with E-state index in [9.17, 15) is 9.18 Å². The number of nitrogens with one attached hydrogen (secondary N) is 1. The summed E-state index contributed by atoms with van der Waals surface area (Å²) in [5.41, 5.74) is 3.11. The van der Waals surface area contributed by atoms with Gasteiger partial charge in [0.25, 0.3) is 0 Å². The van der Waals surface area contributed by atoms with Crippen molar-refractivity contribution in [2.75, 3.05) is 23.3 Å². The molecule has 0 radical (unpaired) electrons. The first kappa shape index (κ1) is 19.1. The summed E-state index contributed by atoms with van der Waals surface area (Å²) in [6.45, 7) is 2.06. The molecular formula is C23H23FN4O. The predicted molar refractivity (Wildman–Crippen MR) is 112 cm³/mol. The number of carbonyl (C=O) groups excluding carboxylic acids is 1. The van der Waals surface area contributed by atoms with Crippen LogP contribution in [0.4, 0.5) is 15.9 Å². The second-order valence-corrected chi connectivity index (χ2v) is 7.26. The maximum absolute atomic E-state index is 13.0. The second kappa shape index (κ2) is 8.82. The van der Waals surface area contributed by atoms with Crippen LogP contribution in [0.25, 0.3) is 11.3 Å². The lowest BCUT2D eigenvalue weighted by molar-refractivity contribution is -0.115. The fourth-order valence-electron chi connectivity index (χ4n) is 3.52. The summed E-state index contributed by atoms with van der Waals surface area (Å²) >= 11 is 0. The van der Waals surface area contributed by atoms with Crippen molar-refractivity contribution in [3.05, 3.63) is 72.0 Å². The number of hydrogen-bond acceptors (Lipinski definition) is 4. The number of hydrogen-bond donors (Lipinski definition) is 1.